The average Bonchev–Trinajstić information content (AvgIpc) is 3.19. The fourth-order valence-corrected chi connectivity index (χ4v) is 8.21. The van der Waals surface area contributed by atoms with E-state index < -0.39 is 0 Å². The fraction of sp³-hybridized carbons (Fsp3) is 0.0417. The summed E-state index contributed by atoms with van der Waals surface area (Å²) in [6.07, 6.45) is 2.31. The monoisotopic (exact) mass is 638 g/mol. The Morgan fingerprint density at radius 2 is 1.02 bits per heavy atom. The van der Waals surface area contributed by atoms with Crippen molar-refractivity contribution in [1.82, 2.24) is 10.6 Å². The predicted octanol–water partition coefficient (Wildman–Crippen LogP) is 12.1. The molecule has 2 N–H and O–H groups in total. The number of hydrogen-bond acceptors (Lipinski definition) is 2. The van der Waals surface area contributed by atoms with E-state index in [2.05, 4.69) is 193 Å². The van der Waals surface area contributed by atoms with E-state index in [4.69, 9.17) is 0 Å². The molecule has 0 bridgehead atoms. The maximum Gasteiger partial charge on any atom is 0.104 e. The molecular weight excluding hydrogens is 605 g/mol. The molecule has 2 unspecified atom stereocenters. The van der Waals surface area contributed by atoms with Crippen molar-refractivity contribution < 1.29 is 0 Å². The lowest BCUT2D eigenvalue weighted by molar-refractivity contribution is 0.444. The van der Waals surface area contributed by atoms with Gasteiger partial charge in [-0.05, 0) is 88.3 Å². The molecule has 0 saturated heterocycles. The Hall–Kier alpha value is -6.22. The number of rotatable bonds is 4. The minimum Gasteiger partial charge on any atom is -0.366 e. The Bertz CT molecular complexity index is 2780. The molecule has 9 aromatic carbocycles. The number of hydrogen-bond donors (Lipinski definition) is 2. The minimum absolute atomic E-state index is 0.0350. The second-order valence-electron chi connectivity index (χ2n) is 13.3. The average molecular weight is 639 g/mol. The predicted molar refractivity (Wildman–Crippen MR) is 212 cm³/mol. The van der Waals surface area contributed by atoms with Crippen LogP contribution in [0.25, 0.3) is 70.7 Å². The van der Waals surface area contributed by atoms with Crippen molar-refractivity contribution in [1.29, 1.82) is 0 Å². The molecular formula is C48H34N2. The van der Waals surface area contributed by atoms with Crippen LogP contribution in [-0.2, 0) is 0 Å². The minimum atomic E-state index is -0.0901. The summed E-state index contributed by atoms with van der Waals surface area (Å²) in [5.74, 6) is 0. The van der Waals surface area contributed by atoms with Gasteiger partial charge in [0.15, 0.2) is 0 Å². The van der Waals surface area contributed by atoms with Gasteiger partial charge in [-0.25, -0.2) is 0 Å². The van der Waals surface area contributed by atoms with Crippen LogP contribution in [0.15, 0.2) is 182 Å². The van der Waals surface area contributed by atoms with Crippen LogP contribution in [0.5, 0.6) is 0 Å². The van der Waals surface area contributed by atoms with Crippen molar-refractivity contribution in [3.8, 4) is 11.1 Å². The van der Waals surface area contributed by atoms with E-state index in [1.165, 1.54) is 81.7 Å². The van der Waals surface area contributed by atoms with Crippen LogP contribution < -0.4 is 10.6 Å². The summed E-state index contributed by atoms with van der Waals surface area (Å²) < 4.78 is 0. The van der Waals surface area contributed by atoms with Crippen LogP contribution in [0.3, 0.4) is 0 Å². The second-order valence-corrected chi connectivity index (χ2v) is 13.3. The van der Waals surface area contributed by atoms with E-state index in [1.54, 1.807) is 0 Å². The van der Waals surface area contributed by atoms with Crippen molar-refractivity contribution in [3.63, 3.8) is 0 Å². The molecule has 1 heterocycles. The molecule has 1 aliphatic heterocycles. The first-order valence-electron chi connectivity index (χ1n) is 17.4. The van der Waals surface area contributed by atoms with E-state index in [-0.39, 0.29) is 12.2 Å². The van der Waals surface area contributed by atoms with Crippen LogP contribution >= 0.6 is 0 Å². The Balaban J connectivity index is 1.23. The summed E-state index contributed by atoms with van der Waals surface area (Å²) in [5, 5.41) is 20.6. The maximum atomic E-state index is 3.99. The molecule has 0 saturated carbocycles. The maximum absolute atomic E-state index is 3.99. The number of nitrogens with one attached hydrogen (secondary N) is 2. The zero-order valence-electron chi connectivity index (χ0n) is 27.5. The van der Waals surface area contributed by atoms with Crippen molar-refractivity contribution in [2.24, 2.45) is 0 Å². The van der Waals surface area contributed by atoms with Gasteiger partial charge in [0.25, 0.3) is 0 Å². The summed E-state index contributed by atoms with van der Waals surface area (Å²) >= 11 is 0. The highest BCUT2D eigenvalue weighted by atomic mass is 15.2. The molecule has 2 atom stereocenters. The van der Waals surface area contributed by atoms with Crippen LogP contribution in [0.2, 0.25) is 0 Å². The molecule has 2 nitrogen and oxygen atoms in total. The topological polar surface area (TPSA) is 24.1 Å². The van der Waals surface area contributed by atoms with Crippen LogP contribution in [0.4, 0.5) is 0 Å². The van der Waals surface area contributed by atoms with Gasteiger partial charge in [0.1, 0.15) is 6.17 Å². The van der Waals surface area contributed by atoms with E-state index in [1.807, 2.05) is 0 Å². The standard InChI is InChI=1S/C48H34N2/c1-2-15-34(16-3-1)48-49-44(30-45(50-48)42-24-12-18-33-26-25-32-14-5-8-20-37(32)46(33)42)39-22-10-11-23-40(39)47-38-21-9-6-17-35(38)29-43-36-19-7-4-13-31(36)27-28-41(43)47/h1-30,45,48-50H. The third-order valence-electron chi connectivity index (χ3n) is 10.5. The van der Waals surface area contributed by atoms with Gasteiger partial charge in [-0.15, -0.1) is 0 Å². The molecule has 0 aliphatic carbocycles. The zero-order chi connectivity index (χ0) is 33.0. The van der Waals surface area contributed by atoms with Crippen LogP contribution in [-0.4, -0.2) is 0 Å². The van der Waals surface area contributed by atoms with Gasteiger partial charge in [0.05, 0.1) is 6.04 Å². The fourth-order valence-electron chi connectivity index (χ4n) is 8.21. The number of fused-ring (bicyclic) bond motifs is 7. The van der Waals surface area contributed by atoms with E-state index in [0.717, 1.165) is 5.70 Å². The molecule has 10 rings (SSSR count). The quantitative estimate of drug-likeness (QED) is 0.148. The molecule has 0 fully saturated rings. The molecule has 9 aromatic rings. The van der Waals surface area contributed by atoms with Crippen molar-refractivity contribution in [2.75, 3.05) is 0 Å². The smallest absolute Gasteiger partial charge is 0.104 e. The molecule has 0 aromatic heterocycles. The van der Waals surface area contributed by atoms with Gasteiger partial charge in [0, 0.05) is 11.3 Å². The Labute approximate surface area is 291 Å². The first-order valence-corrected chi connectivity index (χ1v) is 17.4. The largest absolute Gasteiger partial charge is 0.366 e. The zero-order valence-corrected chi connectivity index (χ0v) is 27.5. The molecule has 0 amide bonds. The summed E-state index contributed by atoms with van der Waals surface area (Å²) in [6.45, 7) is 0. The van der Waals surface area contributed by atoms with Gasteiger partial charge in [-0.1, -0.05) is 170 Å². The van der Waals surface area contributed by atoms with E-state index in [0.29, 0.717) is 0 Å². The van der Waals surface area contributed by atoms with Gasteiger partial charge in [-0.3, -0.25) is 5.32 Å². The molecule has 0 spiro atoms. The van der Waals surface area contributed by atoms with Gasteiger partial charge < -0.3 is 5.32 Å². The van der Waals surface area contributed by atoms with Crippen molar-refractivity contribution >= 4 is 59.6 Å². The molecule has 0 radical (unpaired) electrons. The van der Waals surface area contributed by atoms with Gasteiger partial charge in [0.2, 0.25) is 0 Å². The summed E-state index contributed by atoms with van der Waals surface area (Å²) in [4.78, 5) is 0. The lowest BCUT2D eigenvalue weighted by Crippen LogP contribution is -2.39. The lowest BCUT2D eigenvalue weighted by Gasteiger charge is -2.34. The first-order chi connectivity index (χ1) is 24.8. The molecule has 236 valence electrons. The summed E-state index contributed by atoms with van der Waals surface area (Å²) in [6, 6.07) is 64.1. The molecule has 2 heteroatoms. The Kier molecular flexibility index (Phi) is 6.75. The molecule has 50 heavy (non-hydrogen) atoms. The third-order valence-corrected chi connectivity index (χ3v) is 10.5. The van der Waals surface area contributed by atoms with Gasteiger partial charge >= 0.3 is 0 Å². The van der Waals surface area contributed by atoms with Crippen LogP contribution in [0, 0.1) is 0 Å². The highest BCUT2D eigenvalue weighted by Crippen LogP contribution is 2.43. The highest BCUT2D eigenvalue weighted by Gasteiger charge is 2.27. The SMILES string of the molecule is C1=C(c2ccccc2-c2c3ccccc3cc3c2ccc2ccccc23)NC(c2ccccc2)NC1c1cccc2ccc3ccccc3c12. The lowest BCUT2D eigenvalue weighted by atomic mass is 9.86. The Morgan fingerprint density at radius 1 is 0.400 bits per heavy atom. The van der Waals surface area contributed by atoms with Crippen molar-refractivity contribution in [3.05, 3.63) is 199 Å². The molecule has 1 aliphatic rings. The van der Waals surface area contributed by atoms with Crippen LogP contribution in [0.1, 0.15) is 28.9 Å². The third kappa shape index (κ3) is 4.69. The van der Waals surface area contributed by atoms with Gasteiger partial charge in [-0.2, -0.15) is 0 Å². The first kappa shape index (κ1) is 28.8. The van der Waals surface area contributed by atoms with E-state index >= 15 is 0 Å². The number of benzene rings is 9. The normalized spacial score (nSPS) is 16.2. The summed E-state index contributed by atoms with van der Waals surface area (Å²) in [5.41, 5.74) is 7.28. The van der Waals surface area contributed by atoms with E-state index in [9.17, 15) is 0 Å². The highest BCUT2D eigenvalue weighted by molar-refractivity contribution is 6.20. The Morgan fingerprint density at radius 3 is 1.86 bits per heavy atom. The van der Waals surface area contributed by atoms with Crippen molar-refractivity contribution in [2.45, 2.75) is 12.2 Å². The summed E-state index contributed by atoms with van der Waals surface area (Å²) in [7, 11) is 0. The second kappa shape index (κ2) is 11.7.